The minimum absolute atomic E-state index is 0.177. The molecule has 1 aromatic heterocycles. The van der Waals surface area contributed by atoms with Gasteiger partial charge in [0, 0.05) is 34.4 Å². The standard InChI is InChI=1S/C13H16BrN3S/c14-9-3-8(6-16-7-9)13(12(15)18)4-10-1-2-11(5-13)17-10/h3,6-7,10-11,17H,1-2,4-5H2,(H2,15,18). The Morgan fingerprint density at radius 2 is 2.06 bits per heavy atom. The van der Waals surface area contributed by atoms with Crippen LogP contribution in [0.15, 0.2) is 22.9 Å². The first-order chi connectivity index (χ1) is 8.60. The summed E-state index contributed by atoms with van der Waals surface area (Å²) in [6.45, 7) is 0. The molecule has 3 N–H and O–H groups in total. The van der Waals surface area contributed by atoms with E-state index in [1.165, 1.54) is 12.8 Å². The maximum absolute atomic E-state index is 6.10. The zero-order valence-corrected chi connectivity index (χ0v) is 12.4. The van der Waals surface area contributed by atoms with Crippen LogP contribution in [-0.4, -0.2) is 22.1 Å². The van der Waals surface area contributed by atoms with Gasteiger partial charge in [-0.05, 0) is 53.2 Å². The lowest BCUT2D eigenvalue weighted by atomic mass is 9.71. The third kappa shape index (κ3) is 1.98. The topological polar surface area (TPSA) is 50.9 Å². The molecule has 2 atom stereocenters. The van der Waals surface area contributed by atoms with Crippen molar-refractivity contribution in [3.05, 3.63) is 28.5 Å². The van der Waals surface area contributed by atoms with Crippen molar-refractivity contribution in [2.24, 2.45) is 5.73 Å². The summed E-state index contributed by atoms with van der Waals surface area (Å²) in [6.07, 6.45) is 8.17. The first-order valence-electron chi connectivity index (χ1n) is 6.27. The number of halogens is 1. The molecule has 1 aromatic rings. The molecule has 5 heteroatoms. The number of pyridine rings is 1. The maximum atomic E-state index is 6.10. The number of nitrogens with zero attached hydrogens (tertiary/aromatic N) is 1. The van der Waals surface area contributed by atoms with Gasteiger partial charge in [0.15, 0.2) is 0 Å². The molecular formula is C13H16BrN3S. The van der Waals surface area contributed by atoms with E-state index in [9.17, 15) is 0 Å². The Morgan fingerprint density at radius 3 is 2.61 bits per heavy atom. The first-order valence-corrected chi connectivity index (χ1v) is 7.47. The second-order valence-corrected chi connectivity index (χ2v) is 6.74. The monoisotopic (exact) mass is 325 g/mol. The molecule has 2 bridgehead atoms. The van der Waals surface area contributed by atoms with Gasteiger partial charge in [-0.2, -0.15) is 0 Å². The summed E-state index contributed by atoms with van der Waals surface area (Å²) in [6, 6.07) is 3.20. The summed E-state index contributed by atoms with van der Waals surface area (Å²) < 4.78 is 0.988. The van der Waals surface area contributed by atoms with Crippen molar-refractivity contribution in [3.63, 3.8) is 0 Å². The highest BCUT2D eigenvalue weighted by atomic mass is 79.9. The van der Waals surface area contributed by atoms with Gasteiger partial charge >= 0.3 is 0 Å². The molecule has 0 saturated carbocycles. The van der Waals surface area contributed by atoms with E-state index in [2.05, 4.69) is 32.3 Å². The Hall–Kier alpha value is -0.520. The van der Waals surface area contributed by atoms with Crippen LogP contribution in [0.1, 0.15) is 31.2 Å². The second kappa shape index (κ2) is 4.54. The highest BCUT2D eigenvalue weighted by molar-refractivity contribution is 9.10. The lowest BCUT2D eigenvalue weighted by Gasteiger charge is -2.41. The van der Waals surface area contributed by atoms with E-state index in [0.717, 1.165) is 22.9 Å². The summed E-state index contributed by atoms with van der Waals surface area (Å²) in [7, 11) is 0. The number of nitrogens with two attached hydrogens (primary N) is 1. The van der Waals surface area contributed by atoms with Gasteiger partial charge < -0.3 is 11.1 Å². The number of piperidine rings is 1. The molecule has 0 aromatic carbocycles. The fraction of sp³-hybridized carbons (Fsp3) is 0.538. The van der Waals surface area contributed by atoms with E-state index in [4.69, 9.17) is 18.0 Å². The van der Waals surface area contributed by atoms with Gasteiger partial charge in [0.1, 0.15) is 0 Å². The van der Waals surface area contributed by atoms with E-state index >= 15 is 0 Å². The fourth-order valence-corrected chi connectivity index (χ4v) is 4.05. The molecule has 3 rings (SSSR count). The molecule has 2 fully saturated rings. The van der Waals surface area contributed by atoms with Crippen molar-refractivity contribution >= 4 is 33.1 Å². The average Bonchev–Trinajstić information content (AvgIpc) is 2.68. The van der Waals surface area contributed by atoms with E-state index in [0.29, 0.717) is 17.1 Å². The van der Waals surface area contributed by atoms with Crippen LogP contribution >= 0.6 is 28.1 Å². The van der Waals surface area contributed by atoms with E-state index in [1.807, 2.05) is 6.20 Å². The summed E-state index contributed by atoms with van der Waals surface area (Å²) in [5, 5.41) is 3.64. The van der Waals surface area contributed by atoms with Gasteiger partial charge in [0.05, 0.1) is 4.99 Å². The van der Waals surface area contributed by atoms with Crippen molar-refractivity contribution in [2.45, 2.75) is 43.2 Å². The van der Waals surface area contributed by atoms with Gasteiger partial charge in [-0.1, -0.05) is 12.2 Å². The largest absolute Gasteiger partial charge is 0.393 e. The zero-order valence-electron chi connectivity index (χ0n) is 10.0. The van der Waals surface area contributed by atoms with Crippen molar-refractivity contribution in [3.8, 4) is 0 Å². The molecule has 0 radical (unpaired) electrons. The van der Waals surface area contributed by atoms with Gasteiger partial charge in [0.25, 0.3) is 0 Å². The first kappa shape index (κ1) is 12.5. The Kier molecular flexibility index (Phi) is 3.16. The van der Waals surface area contributed by atoms with Crippen LogP contribution in [0.5, 0.6) is 0 Å². The Bertz CT molecular complexity index is 479. The SMILES string of the molecule is NC(=S)C1(c2cncc(Br)c2)CC2CCC(C1)N2. The van der Waals surface area contributed by atoms with Crippen LogP contribution in [0, 0.1) is 0 Å². The lowest BCUT2D eigenvalue weighted by Crippen LogP contribution is -2.52. The number of aromatic nitrogens is 1. The van der Waals surface area contributed by atoms with Gasteiger partial charge in [-0.15, -0.1) is 0 Å². The molecule has 2 unspecified atom stereocenters. The third-order valence-corrected chi connectivity index (χ3v) is 5.08. The predicted molar refractivity (Wildman–Crippen MR) is 79.6 cm³/mol. The van der Waals surface area contributed by atoms with Crippen molar-refractivity contribution in [1.29, 1.82) is 0 Å². The normalized spacial score (nSPS) is 34.5. The molecule has 0 aliphatic carbocycles. The molecule has 3 nitrogen and oxygen atoms in total. The summed E-state index contributed by atoms with van der Waals surface area (Å²) in [5.41, 5.74) is 7.08. The van der Waals surface area contributed by atoms with E-state index in [-0.39, 0.29) is 5.41 Å². The number of nitrogens with one attached hydrogen (secondary N) is 1. The third-order valence-electron chi connectivity index (χ3n) is 4.25. The van der Waals surface area contributed by atoms with Crippen molar-refractivity contribution in [2.75, 3.05) is 0 Å². The van der Waals surface area contributed by atoms with E-state index < -0.39 is 0 Å². The van der Waals surface area contributed by atoms with Crippen LogP contribution in [0.4, 0.5) is 0 Å². The van der Waals surface area contributed by atoms with Gasteiger partial charge in [-0.3, -0.25) is 4.98 Å². The number of thiocarbonyl (C=S) groups is 1. The molecule has 0 amide bonds. The second-order valence-electron chi connectivity index (χ2n) is 5.38. The highest BCUT2D eigenvalue weighted by Gasteiger charge is 2.46. The summed E-state index contributed by atoms with van der Waals surface area (Å²) in [4.78, 5) is 4.89. The number of fused-ring (bicyclic) bond motifs is 2. The number of hydrogen-bond acceptors (Lipinski definition) is 3. The molecule has 3 heterocycles. The van der Waals surface area contributed by atoms with Crippen LogP contribution < -0.4 is 11.1 Å². The minimum Gasteiger partial charge on any atom is -0.393 e. The molecule has 0 spiro atoms. The summed E-state index contributed by atoms with van der Waals surface area (Å²) >= 11 is 8.88. The Labute approximate surface area is 121 Å². The molecule has 2 aliphatic heterocycles. The van der Waals surface area contributed by atoms with Gasteiger partial charge in [0.2, 0.25) is 0 Å². The smallest absolute Gasteiger partial charge is 0.0836 e. The van der Waals surface area contributed by atoms with Crippen LogP contribution in [0.3, 0.4) is 0 Å². The quantitative estimate of drug-likeness (QED) is 0.819. The van der Waals surface area contributed by atoms with Gasteiger partial charge in [-0.25, -0.2) is 0 Å². The molecule has 2 aliphatic rings. The Morgan fingerprint density at radius 1 is 1.39 bits per heavy atom. The molecule has 96 valence electrons. The molecular weight excluding hydrogens is 310 g/mol. The zero-order chi connectivity index (χ0) is 12.8. The van der Waals surface area contributed by atoms with E-state index in [1.54, 1.807) is 6.20 Å². The molecule has 18 heavy (non-hydrogen) atoms. The van der Waals surface area contributed by atoms with Crippen LogP contribution in [0.25, 0.3) is 0 Å². The van der Waals surface area contributed by atoms with Crippen LogP contribution in [-0.2, 0) is 5.41 Å². The fourth-order valence-electron chi connectivity index (χ4n) is 3.40. The number of hydrogen-bond donors (Lipinski definition) is 2. The summed E-state index contributed by atoms with van der Waals surface area (Å²) in [5.74, 6) is 0. The Balaban J connectivity index is 2.04. The van der Waals surface area contributed by atoms with Crippen LogP contribution in [0.2, 0.25) is 0 Å². The maximum Gasteiger partial charge on any atom is 0.0836 e. The number of rotatable bonds is 2. The predicted octanol–water partition coefficient (Wildman–Crippen LogP) is 2.28. The average molecular weight is 326 g/mol. The minimum atomic E-state index is -0.177. The molecule has 2 saturated heterocycles. The highest BCUT2D eigenvalue weighted by Crippen LogP contribution is 2.43. The lowest BCUT2D eigenvalue weighted by molar-refractivity contribution is 0.316. The van der Waals surface area contributed by atoms with Crippen molar-refractivity contribution in [1.82, 2.24) is 10.3 Å². The van der Waals surface area contributed by atoms with Crippen molar-refractivity contribution < 1.29 is 0 Å².